The van der Waals surface area contributed by atoms with E-state index in [2.05, 4.69) is 47.3 Å². The van der Waals surface area contributed by atoms with E-state index in [1.807, 2.05) is 6.08 Å². The zero-order valence-corrected chi connectivity index (χ0v) is 12.0. The summed E-state index contributed by atoms with van der Waals surface area (Å²) in [7, 11) is 1.73. The van der Waals surface area contributed by atoms with Crippen LogP contribution in [0.3, 0.4) is 0 Å². The number of benzene rings is 1. The van der Waals surface area contributed by atoms with E-state index in [0.717, 1.165) is 17.7 Å². The SMILES string of the molecule is C=Cc1cc(C(C)(C)C)c(CC)c(C)c1OC. The van der Waals surface area contributed by atoms with Crippen molar-refractivity contribution in [3.63, 3.8) is 0 Å². The maximum atomic E-state index is 5.51. The first kappa shape index (κ1) is 13.8. The molecule has 0 unspecified atom stereocenters. The van der Waals surface area contributed by atoms with E-state index in [9.17, 15) is 0 Å². The van der Waals surface area contributed by atoms with E-state index in [1.54, 1.807) is 7.11 Å². The van der Waals surface area contributed by atoms with E-state index in [4.69, 9.17) is 4.74 Å². The first-order valence-electron chi connectivity index (χ1n) is 6.20. The molecule has 1 rings (SSSR count). The molecule has 1 aromatic rings. The molecule has 0 aliphatic rings. The van der Waals surface area contributed by atoms with Crippen molar-refractivity contribution in [2.75, 3.05) is 7.11 Å². The summed E-state index contributed by atoms with van der Waals surface area (Å²) < 4.78 is 5.51. The summed E-state index contributed by atoms with van der Waals surface area (Å²) in [4.78, 5) is 0. The highest BCUT2D eigenvalue weighted by molar-refractivity contribution is 5.63. The van der Waals surface area contributed by atoms with Gasteiger partial charge in [-0.15, -0.1) is 0 Å². The average molecular weight is 232 g/mol. The molecule has 0 N–H and O–H groups in total. The maximum absolute atomic E-state index is 5.51. The summed E-state index contributed by atoms with van der Waals surface area (Å²) in [6.45, 7) is 15.0. The van der Waals surface area contributed by atoms with Crippen LogP contribution in [0, 0.1) is 6.92 Å². The second-order valence-corrected chi connectivity index (χ2v) is 5.46. The third-order valence-electron chi connectivity index (χ3n) is 3.27. The van der Waals surface area contributed by atoms with Crippen LogP contribution in [-0.2, 0) is 11.8 Å². The minimum absolute atomic E-state index is 0.153. The second kappa shape index (κ2) is 4.95. The van der Waals surface area contributed by atoms with Crippen LogP contribution in [0.4, 0.5) is 0 Å². The largest absolute Gasteiger partial charge is 0.496 e. The molecule has 0 bridgehead atoms. The zero-order chi connectivity index (χ0) is 13.2. The van der Waals surface area contributed by atoms with Gasteiger partial charge in [-0.2, -0.15) is 0 Å². The summed E-state index contributed by atoms with van der Waals surface area (Å²) in [5.41, 5.74) is 5.29. The van der Waals surface area contributed by atoms with Crippen molar-refractivity contribution in [1.82, 2.24) is 0 Å². The van der Waals surface area contributed by atoms with Crippen molar-refractivity contribution in [2.45, 2.75) is 46.5 Å². The molecule has 0 radical (unpaired) electrons. The van der Waals surface area contributed by atoms with Gasteiger partial charge in [0.2, 0.25) is 0 Å². The molecule has 1 aromatic carbocycles. The summed E-state index contributed by atoms with van der Waals surface area (Å²) in [6, 6.07) is 2.22. The van der Waals surface area contributed by atoms with Crippen LogP contribution in [0.5, 0.6) is 5.75 Å². The highest BCUT2D eigenvalue weighted by Gasteiger charge is 2.21. The van der Waals surface area contributed by atoms with Crippen LogP contribution >= 0.6 is 0 Å². The number of methoxy groups -OCH3 is 1. The third kappa shape index (κ3) is 2.54. The molecule has 1 heteroatoms. The van der Waals surface area contributed by atoms with Crippen LogP contribution in [0.25, 0.3) is 6.08 Å². The standard InChI is InChI=1S/C16H24O/c1-8-12-10-14(16(4,5)6)13(9-2)11(3)15(12)17-7/h8,10H,1,9H2,2-7H3. The molecular weight excluding hydrogens is 208 g/mol. The summed E-state index contributed by atoms with van der Waals surface area (Å²) >= 11 is 0. The molecule has 0 aromatic heterocycles. The maximum Gasteiger partial charge on any atom is 0.129 e. The Bertz CT molecular complexity index is 422. The number of hydrogen-bond acceptors (Lipinski definition) is 1. The third-order valence-corrected chi connectivity index (χ3v) is 3.27. The van der Waals surface area contributed by atoms with Crippen molar-refractivity contribution in [3.05, 3.63) is 34.9 Å². The Morgan fingerprint density at radius 1 is 1.35 bits per heavy atom. The fourth-order valence-electron chi connectivity index (χ4n) is 2.41. The topological polar surface area (TPSA) is 9.23 Å². The Hall–Kier alpha value is -1.24. The van der Waals surface area contributed by atoms with Gasteiger partial charge in [0.1, 0.15) is 5.75 Å². The van der Waals surface area contributed by atoms with Crippen LogP contribution in [0.2, 0.25) is 0 Å². The Labute approximate surface area is 106 Å². The molecule has 0 spiro atoms. The van der Waals surface area contributed by atoms with Crippen molar-refractivity contribution in [3.8, 4) is 5.75 Å². The molecule has 0 fully saturated rings. The van der Waals surface area contributed by atoms with Crippen molar-refractivity contribution >= 4 is 6.08 Å². The Morgan fingerprint density at radius 3 is 2.29 bits per heavy atom. The zero-order valence-electron chi connectivity index (χ0n) is 12.0. The number of hydrogen-bond donors (Lipinski definition) is 0. The molecule has 0 atom stereocenters. The second-order valence-electron chi connectivity index (χ2n) is 5.46. The number of rotatable bonds is 3. The lowest BCUT2D eigenvalue weighted by Gasteiger charge is -2.26. The van der Waals surface area contributed by atoms with E-state index in [0.29, 0.717) is 0 Å². The highest BCUT2D eigenvalue weighted by Crippen LogP contribution is 2.36. The van der Waals surface area contributed by atoms with Crippen molar-refractivity contribution in [2.24, 2.45) is 0 Å². The summed E-state index contributed by atoms with van der Waals surface area (Å²) in [5, 5.41) is 0. The molecule has 0 heterocycles. The molecule has 0 aliphatic heterocycles. The Kier molecular flexibility index (Phi) is 4.03. The van der Waals surface area contributed by atoms with E-state index in [-0.39, 0.29) is 5.41 Å². The predicted octanol–water partition coefficient (Wildman–Crippen LogP) is 4.51. The molecule has 94 valence electrons. The van der Waals surface area contributed by atoms with Gasteiger partial charge in [-0.05, 0) is 41.5 Å². The van der Waals surface area contributed by atoms with Gasteiger partial charge < -0.3 is 4.74 Å². The molecule has 0 aliphatic carbocycles. The average Bonchev–Trinajstić information content (AvgIpc) is 2.26. The fraction of sp³-hybridized carbons (Fsp3) is 0.500. The van der Waals surface area contributed by atoms with Crippen LogP contribution < -0.4 is 4.74 Å². The Morgan fingerprint density at radius 2 is 1.94 bits per heavy atom. The van der Waals surface area contributed by atoms with Crippen LogP contribution in [0.1, 0.15) is 49.9 Å². The van der Waals surface area contributed by atoms with Gasteiger partial charge in [-0.1, -0.05) is 40.3 Å². The van der Waals surface area contributed by atoms with Gasteiger partial charge >= 0.3 is 0 Å². The van der Waals surface area contributed by atoms with Crippen LogP contribution in [-0.4, -0.2) is 7.11 Å². The molecule has 0 saturated carbocycles. The minimum Gasteiger partial charge on any atom is -0.496 e. The van der Waals surface area contributed by atoms with Gasteiger partial charge in [-0.25, -0.2) is 0 Å². The molecule has 17 heavy (non-hydrogen) atoms. The molecule has 1 nitrogen and oxygen atoms in total. The smallest absolute Gasteiger partial charge is 0.129 e. The predicted molar refractivity (Wildman–Crippen MR) is 75.9 cm³/mol. The quantitative estimate of drug-likeness (QED) is 0.745. The first-order chi connectivity index (χ1) is 7.86. The lowest BCUT2D eigenvalue weighted by molar-refractivity contribution is 0.409. The van der Waals surface area contributed by atoms with E-state index < -0.39 is 0 Å². The van der Waals surface area contributed by atoms with E-state index in [1.165, 1.54) is 16.7 Å². The van der Waals surface area contributed by atoms with Crippen molar-refractivity contribution < 1.29 is 4.74 Å². The molecular formula is C16H24O. The van der Waals surface area contributed by atoms with Gasteiger partial charge in [0, 0.05) is 5.56 Å². The van der Waals surface area contributed by atoms with Gasteiger partial charge in [0.15, 0.2) is 0 Å². The monoisotopic (exact) mass is 232 g/mol. The summed E-state index contributed by atoms with van der Waals surface area (Å²) in [5.74, 6) is 0.963. The number of ether oxygens (including phenoxy) is 1. The van der Waals surface area contributed by atoms with Gasteiger partial charge in [0.05, 0.1) is 7.11 Å². The minimum atomic E-state index is 0.153. The van der Waals surface area contributed by atoms with Gasteiger partial charge in [-0.3, -0.25) is 0 Å². The van der Waals surface area contributed by atoms with Crippen molar-refractivity contribution in [1.29, 1.82) is 0 Å². The lowest BCUT2D eigenvalue weighted by atomic mass is 9.80. The van der Waals surface area contributed by atoms with Crippen LogP contribution in [0.15, 0.2) is 12.6 Å². The highest BCUT2D eigenvalue weighted by atomic mass is 16.5. The molecule has 0 amide bonds. The Balaban J connectivity index is 3.63. The summed E-state index contributed by atoms with van der Waals surface area (Å²) in [6.07, 6.45) is 2.91. The molecule has 0 saturated heterocycles. The lowest BCUT2D eigenvalue weighted by Crippen LogP contribution is -2.16. The van der Waals surface area contributed by atoms with E-state index >= 15 is 0 Å². The fourth-order valence-corrected chi connectivity index (χ4v) is 2.41. The first-order valence-corrected chi connectivity index (χ1v) is 6.20. The van der Waals surface area contributed by atoms with Gasteiger partial charge in [0.25, 0.3) is 0 Å². The normalized spacial score (nSPS) is 11.4.